The van der Waals surface area contributed by atoms with Gasteiger partial charge in [0.2, 0.25) is 5.91 Å². The molecule has 0 spiro atoms. The average molecular weight is 378 g/mol. The van der Waals surface area contributed by atoms with Gasteiger partial charge in [-0.15, -0.1) is 0 Å². The number of rotatable bonds is 9. The largest absolute Gasteiger partial charge is 0.351 e. The number of hydrogen-bond donors (Lipinski definition) is 2. The van der Waals surface area contributed by atoms with Gasteiger partial charge < -0.3 is 10.3 Å². The summed E-state index contributed by atoms with van der Waals surface area (Å²) in [5, 5.41) is 3.54. The van der Waals surface area contributed by atoms with Gasteiger partial charge in [0.15, 0.2) is 0 Å². The lowest BCUT2D eigenvalue weighted by atomic mass is 10.2. The molecule has 6 nitrogen and oxygen atoms in total. The minimum Gasteiger partial charge on any atom is -0.351 e. The van der Waals surface area contributed by atoms with E-state index in [1.807, 2.05) is 53.4 Å². The molecule has 3 rings (SSSR count). The summed E-state index contributed by atoms with van der Waals surface area (Å²) in [6.45, 7) is 4.09. The molecule has 6 heteroatoms. The molecule has 0 fully saturated rings. The van der Waals surface area contributed by atoms with Crippen LogP contribution < -0.4 is 10.9 Å². The third-order valence-electron chi connectivity index (χ3n) is 4.56. The summed E-state index contributed by atoms with van der Waals surface area (Å²) in [5.41, 5.74) is 1.59. The number of aromatic nitrogens is 2. The third kappa shape index (κ3) is 5.50. The van der Waals surface area contributed by atoms with Crippen LogP contribution in [-0.2, 0) is 17.9 Å². The van der Waals surface area contributed by atoms with E-state index in [1.165, 1.54) is 0 Å². The Labute approximate surface area is 164 Å². The van der Waals surface area contributed by atoms with Gasteiger partial charge >= 0.3 is 0 Å². The van der Waals surface area contributed by atoms with Crippen LogP contribution >= 0.6 is 0 Å². The molecule has 0 aliphatic rings. The topological polar surface area (TPSA) is 78.1 Å². The Kier molecular flexibility index (Phi) is 6.92. The number of carbonyl (C=O) groups is 1. The third-order valence-corrected chi connectivity index (χ3v) is 4.56. The Morgan fingerprint density at radius 3 is 2.64 bits per heavy atom. The number of nitrogens with one attached hydrogen (secondary N) is 2. The minimum absolute atomic E-state index is 0.0388. The van der Waals surface area contributed by atoms with Crippen LogP contribution in [0.15, 0.2) is 59.4 Å². The molecule has 0 atom stereocenters. The van der Waals surface area contributed by atoms with Crippen molar-refractivity contribution < 1.29 is 4.79 Å². The number of fused-ring (bicyclic) bond motifs is 1. The zero-order chi connectivity index (χ0) is 19.8. The summed E-state index contributed by atoms with van der Waals surface area (Å²) >= 11 is 0. The van der Waals surface area contributed by atoms with Crippen LogP contribution in [0.4, 0.5) is 0 Å². The first-order valence-corrected chi connectivity index (χ1v) is 9.66. The van der Waals surface area contributed by atoms with Crippen molar-refractivity contribution in [3.8, 4) is 0 Å². The van der Waals surface area contributed by atoms with Crippen molar-refractivity contribution in [2.45, 2.75) is 32.9 Å². The number of amides is 1. The lowest BCUT2D eigenvalue weighted by Gasteiger charge is -2.21. The van der Waals surface area contributed by atoms with E-state index in [0.717, 1.165) is 24.9 Å². The average Bonchev–Trinajstić information content (AvgIpc) is 2.71. The molecule has 0 unspecified atom stereocenters. The molecular formula is C22H26N4O2. The maximum atomic E-state index is 12.4. The van der Waals surface area contributed by atoms with Gasteiger partial charge in [-0.25, -0.2) is 4.98 Å². The molecule has 0 aliphatic carbocycles. The van der Waals surface area contributed by atoms with Crippen LogP contribution in [0.5, 0.6) is 0 Å². The Bertz CT molecular complexity index is 969. The highest BCUT2D eigenvalue weighted by Gasteiger charge is 2.13. The SMILES string of the molecule is CCCCN(CC(=O)NCc1ccccc1)Cc1nc2ccccc2c(=O)[nH]1. The maximum absolute atomic E-state index is 12.4. The van der Waals surface area contributed by atoms with E-state index in [2.05, 4.69) is 22.2 Å². The van der Waals surface area contributed by atoms with Crippen molar-refractivity contribution in [3.05, 3.63) is 76.3 Å². The molecule has 28 heavy (non-hydrogen) atoms. The maximum Gasteiger partial charge on any atom is 0.258 e. The number of aromatic amines is 1. The number of hydrogen-bond acceptors (Lipinski definition) is 4. The van der Waals surface area contributed by atoms with Crippen molar-refractivity contribution in [1.82, 2.24) is 20.2 Å². The molecule has 0 saturated heterocycles. The summed E-state index contributed by atoms with van der Waals surface area (Å²) in [5.74, 6) is 0.541. The van der Waals surface area contributed by atoms with Gasteiger partial charge in [-0.05, 0) is 30.7 Å². The van der Waals surface area contributed by atoms with E-state index in [1.54, 1.807) is 6.07 Å². The Hall–Kier alpha value is -2.99. The number of nitrogens with zero attached hydrogens (tertiary/aromatic N) is 2. The lowest BCUT2D eigenvalue weighted by molar-refractivity contribution is -0.122. The fourth-order valence-electron chi connectivity index (χ4n) is 3.07. The molecule has 0 saturated carbocycles. The van der Waals surface area contributed by atoms with Gasteiger partial charge in [-0.2, -0.15) is 0 Å². The van der Waals surface area contributed by atoms with Crippen LogP contribution in [0.25, 0.3) is 10.9 Å². The van der Waals surface area contributed by atoms with Crippen molar-refractivity contribution in [2.24, 2.45) is 0 Å². The first-order valence-electron chi connectivity index (χ1n) is 9.66. The zero-order valence-electron chi connectivity index (χ0n) is 16.1. The molecule has 0 aliphatic heterocycles. The first-order chi connectivity index (χ1) is 13.7. The predicted molar refractivity (Wildman–Crippen MR) is 111 cm³/mol. The molecule has 2 aromatic carbocycles. The summed E-state index contributed by atoms with van der Waals surface area (Å²) in [6, 6.07) is 17.1. The predicted octanol–water partition coefficient (Wildman–Crippen LogP) is 2.84. The second kappa shape index (κ2) is 9.80. The van der Waals surface area contributed by atoms with Crippen LogP contribution in [0.3, 0.4) is 0 Å². The number of benzene rings is 2. The molecule has 146 valence electrons. The van der Waals surface area contributed by atoms with Gasteiger partial charge in [0.1, 0.15) is 5.82 Å². The Morgan fingerprint density at radius 2 is 1.86 bits per heavy atom. The van der Waals surface area contributed by atoms with E-state index < -0.39 is 0 Å². The van der Waals surface area contributed by atoms with Crippen molar-refractivity contribution in [3.63, 3.8) is 0 Å². The van der Waals surface area contributed by atoms with E-state index >= 15 is 0 Å². The van der Waals surface area contributed by atoms with Crippen LogP contribution in [-0.4, -0.2) is 33.9 Å². The normalized spacial score (nSPS) is 11.1. The van der Waals surface area contributed by atoms with Gasteiger partial charge in [0, 0.05) is 6.54 Å². The summed E-state index contributed by atoms with van der Waals surface area (Å²) in [6.07, 6.45) is 2.01. The smallest absolute Gasteiger partial charge is 0.258 e. The van der Waals surface area contributed by atoms with Crippen LogP contribution in [0.2, 0.25) is 0 Å². The number of para-hydroxylation sites is 1. The van der Waals surface area contributed by atoms with Gasteiger partial charge in [-0.3, -0.25) is 14.5 Å². The van der Waals surface area contributed by atoms with Crippen LogP contribution in [0.1, 0.15) is 31.2 Å². The first kappa shape index (κ1) is 19.8. The highest BCUT2D eigenvalue weighted by molar-refractivity contribution is 5.78. The number of unbranched alkanes of at least 4 members (excludes halogenated alkanes) is 1. The second-order valence-electron chi connectivity index (χ2n) is 6.86. The van der Waals surface area contributed by atoms with Gasteiger partial charge in [0.05, 0.1) is 24.0 Å². The standard InChI is InChI=1S/C22H26N4O2/c1-2-3-13-26(16-21(27)23-14-17-9-5-4-6-10-17)15-20-24-19-12-8-7-11-18(19)22(28)25-20/h4-12H,2-3,13-16H2,1H3,(H,23,27)(H,24,25,28). The van der Waals surface area contributed by atoms with Crippen molar-refractivity contribution >= 4 is 16.8 Å². The van der Waals surface area contributed by atoms with E-state index in [0.29, 0.717) is 29.8 Å². The van der Waals surface area contributed by atoms with Gasteiger partial charge in [0.25, 0.3) is 5.56 Å². The molecule has 1 heterocycles. The molecule has 3 aromatic rings. The molecule has 0 bridgehead atoms. The fraction of sp³-hybridized carbons (Fsp3) is 0.318. The highest BCUT2D eigenvalue weighted by atomic mass is 16.2. The summed E-state index contributed by atoms with van der Waals surface area (Å²) in [4.78, 5) is 34.1. The van der Waals surface area contributed by atoms with E-state index in [9.17, 15) is 9.59 Å². The number of H-pyrrole nitrogens is 1. The van der Waals surface area contributed by atoms with Gasteiger partial charge in [-0.1, -0.05) is 55.8 Å². The zero-order valence-corrected chi connectivity index (χ0v) is 16.1. The lowest BCUT2D eigenvalue weighted by Crippen LogP contribution is -2.37. The second-order valence-corrected chi connectivity index (χ2v) is 6.86. The molecule has 1 amide bonds. The quantitative estimate of drug-likeness (QED) is 0.600. The van der Waals surface area contributed by atoms with Crippen LogP contribution in [0, 0.1) is 0 Å². The Balaban J connectivity index is 1.66. The Morgan fingerprint density at radius 1 is 1.11 bits per heavy atom. The number of carbonyl (C=O) groups excluding carboxylic acids is 1. The monoisotopic (exact) mass is 378 g/mol. The van der Waals surface area contributed by atoms with E-state index in [4.69, 9.17) is 0 Å². The highest BCUT2D eigenvalue weighted by Crippen LogP contribution is 2.08. The fourth-order valence-corrected chi connectivity index (χ4v) is 3.07. The van der Waals surface area contributed by atoms with E-state index in [-0.39, 0.29) is 18.0 Å². The molecule has 0 radical (unpaired) electrons. The minimum atomic E-state index is -0.149. The summed E-state index contributed by atoms with van der Waals surface area (Å²) in [7, 11) is 0. The molecule has 2 N–H and O–H groups in total. The summed E-state index contributed by atoms with van der Waals surface area (Å²) < 4.78 is 0. The molecule has 1 aromatic heterocycles. The molecular weight excluding hydrogens is 352 g/mol. The van der Waals surface area contributed by atoms with Crippen molar-refractivity contribution in [2.75, 3.05) is 13.1 Å². The van der Waals surface area contributed by atoms with Crippen molar-refractivity contribution in [1.29, 1.82) is 0 Å².